The molecule has 2 heterocycles. The number of carbonyl (C=O) groups is 1. The molecule has 4 rings (SSSR count). The van der Waals surface area contributed by atoms with Crippen molar-refractivity contribution in [2.24, 2.45) is 0 Å². The second-order valence-corrected chi connectivity index (χ2v) is 6.67. The van der Waals surface area contributed by atoms with E-state index in [0.717, 1.165) is 22.1 Å². The van der Waals surface area contributed by atoms with E-state index in [1.54, 1.807) is 23.4 Å². The first-order chi connectivity index (χ1) is 13.2. The van der Waals surface area contributed by atoms with Crippen LogP contribution in [-0.2, 0) is 17.8 Å². The average Bonchev–Trinajstić information content (AvgIpc) is 3.09. The molecule has 134 valence electrons. The fourth-order valence-corrected chi connectivity index (χ4v) is 3.20. The molecule has 0 spiro atoms. The Balaban J connectivity index is 1.64. The van der Waals surface area contributed by atoms with E-state index in [1.807, 2.05) is 60.7 Å². The lowest BCUT2D eigenvalue weighted by molar-refractivity contribution is -0.118. The molecule has 4 nitrogen and oxygen atoms in total. The Bertz CT molecular complexity index is 1060. The molecule has 0 saturated carbocycles. The Hall–Kier alpha value is -3.11. The van der Waals surface area contributed by atoms with Crippen molar-refractivity contribution < 1.29 is 9.21 Å². The van der Waals surface area contributed by atoms with Crippen molar-refractivity contribution in [2.45, 2.75) is 13.0 Å². The molecule has 0 aliphatic heterocycles. The summed E-state index contributed by atoms with van der Waals surface area (Å²) in [5, 5.41) is 1.47. The molecule has 0 bridgehead atoms. The van der Waals surface area contributed by atoms with Crippen molar-refractivity contribution in [3.63, 3.8) is 0 Å². The Morgan fingerprint density at radius 1 is 1.04 bits per heavy atom. The summed E-state index contributed by atoms with van der Waals surface area (Å²) in [7, 11) is 0. The van der Waals surface area contributed by atoms with Crippen molar-refractivity contribution in [1.82, 2.24) is 4.98 Å². The zero-order valence-corrected chi connectivity index (χ0v) is 15.3. The number of nitrogens with zero attached hydrogens (tertiary/aromatic N) is 2. The highest BCUT2D eigenvalue weighted by atomic mass is 35.5. The van der Waals surface area contributed by atoms with Crippen LogP contribution in [0.2, 0.25) is 5.02 Å². The maximum atomic E-state index is 13.2. The average molecular weight is 377 g/mol. The normalized spacial score (nSPS) is 10.9. The van der Waals surface area contributed by atoms with Gasteiger partial charge < -0.3 is 4.42 Å². The molecule has 0 N–H and O–H groups in total. The molecular weight excluding hydrogens is 360 g/mol. The number of pyridine rings is 1. The maximum Gasteiger partial charge on any atom is 0.233 e. The van der Waals surface area contributed by atoms with Crippen molar-refractivity contribution in [2.75, 3.05) is 4.90 Å². The highest BCUT2D eigenvalue weighted by Crippen LogP contribution is 2.26. The first-order valence-electron chi connectivity index (χ1n) is 8.61. The van der Waals surface area contributed by atoms with Gasteiger partial charge in [0.1, 0.15) is 11.4 Å². The number of benzene rings is 2. The van der Waals surface area contributed by atoms with Gasteiger partial charge in [0, 0.05) is 22.2 Å². The van der Waals surface area contributed by atoms with E-state index in [-0.39, 0.29) is 12.3 Å². The summed E-state index contributed by atoms with van der Waals surface area (Å²) in [6.07, 6.45) is 3.52. The van der Waals surface area contributed by atoms with E-state index < -0.39 is 0 Å². The fourth-order valence-electron chi connectivity index (χ4n) is 3.03. The molecule has 0 atom stereocenters. The van der Waals surface area contributed by atoms with Gasteiger partial charge in [0.05, 0.1) is 19.2 Å². The number of hydrogen-bond donors (Lipinski definition) is 0. The van der Waals surface area contributed by atoms with E-state index in [4.69, 9.17) is 16.0 Å². The largest absolute Gasteiger partial charge is 0.464 e. The summed E-state index contributed by atoms with van der Waals surface area (Å²) >= 11 is 6.10. The monoisotopic (exact) mass is 376 g/mol. The minimum Gasteiger partial charge on any atom is -0.464 e. The highest BCUT2D eigenvalue weighted by molar-refractivity contribution is 6.31. The Morgan fingerprint density at radius 2 is 1.85 bits per heavy atom. The number of carbonyl (C=O) groups excluding carboxylic acids is 1. The first kappa shape index (κ1) is 17.3. The predicted octanol–water partition coefficient (Wildman–Crippen LogP) is 5.26. The van der Waals surface area contributed by atoms with Gasteiger partial charge in [-0.3, -0.25) is 9.69 Å². The summed E-state index contributed by atoms with van der Waals surface area (Å²) in [5.74, 6) is 0.567. The lowest BCUT2D eigenvalue weighted by Crippen LogP contribution is -2.32. The molecule has 27 heavy (non-hydrogen) atoms. The molecule has 0 saturated heterocycles. The highest BCUT2D eigenvalue weighted by Gasteiger charge is 2.20. The number of aromatic nitrogens is 1. The van der Waals surface area contributed by atoms with Crippen LogP contribution in [0.3, 0.4) is 0 Å². The van der Waals surface area contributed by atoms with Gasteiger partial charge in [-0.1, -0.05) is 48.0 Å². The third-order valence-corrected chi connectivity index (χ3v) is 4.60. The summed E-state index contributed by atoms with van der Waals surface area (Å²) in [6, 6.07) is 20.8. The molecule has 0 radical (unpaired) electrons. The summed E-state index contributed by atoms with van der Waals surface area (Å²) in [6.45, 7) is 0.452. The lowest BCUT2D eigenvalue weighted by atomic mass is 10.1. The van der Waals surface area contributed by atoms with E-state index in [0.29, 0.717) is 17.4 Å². The number of rotatable bonds is 5. The molecule has 0 aliphatic carbocycles. The third-order valence-electron chi connectivity index (χ3n) is 4.37. The number of furan rings is 1. The number of anilines is 1. The zero-order chi connectivity index (χ0) is 18.6. The minimum absolute atomic E-state index is 0.0553. The second-order valence-electron chi connectivity index (χ2n) is 6.23. The van der Waals surface area contributed by atoms with Crippen molar-refractivity contribution in [3.05, 3.63) is 95.3 Å². The molecule has 0 fully saturated rings. The van der Waals surface area contributed by atoms with Gasteiger partial charge in [-0.05, 0) is 35.9 Å². The lowest BCUT2D eigenvalue weighted by Gasteiger charge is -2.22. The van der Waals surface area contributed by atoms with Crippen molar-refractivity contribution >= 4 is 34.3 Å². The maximum absolute atomic E-state index is 13.2. The van der Waals surface area contributed by atoms with Gasteiger partial charge in [0.15, 0.2) is 0 Å². The Kier molecular flexibility index (Phi) is 4.90. The molecule has 1 amide bonds. The standard InChI is InChI=1S/C22H17ClN2O2/c23-18-9-10-20-19(13-18)17(15-27-20)12-22(26)25(21-8-4-5-11-24-21)14-16-6-2-1-3-7-16/h1-11,13,15H,12,14H2. The van der Waals surface area contributed by atoms with Crippen LogP contribution in [0.4, 0.5) is 5.82 Å². The SMILES string of the molecule is O=C(Cc1coc2ccc(Cl)cc12)N(Cc1ccccc1)c1ccccn1. The van der Waals surface area contributed by atoms with Crippen molar-refractivity contribution in [3.8, 4) is 0 Å². The number of amides is 1. The number of fused-ring (bicyclic) bond motifs is 1. The number of hydrogen-bond acceptors (Lipinski definition) is 3. The molecule has 5 heteroatoms. The molecule has 2 aromatic heterocycles. The quantitative estimate of drug-likeness (QED) is 0.477. The Morgan fingerprint density at radius 3 is 2.63 bits per heavy atom. The van der Waals surface area contributed by atoms with Crippen LogP contribution in [0.5, 0.6) is 0 Å². The zero-order valence-electron chi connectivity index (χ0n) is 14.5. The topological polar surface area (TPSA) is 46.3 Å². The molecule has 4 aromatic rings. The van der Waals surface area contributed by atoms with E-state index in [2.05, 4.69) is 4.98 Å². The van der Waals surface area contributed by atoms with Crippen LogP contribution in [0.25, 0.3) is 11.0 Å². The molecule has 0 aliphatic rings. The van der Waals surface area contributed by atoms with Gasteiger partial charge in [-0.2, -0.15) is 0 Å². The molecule has 0 unspecified atom stereocenters. The van der Waals surface area contributed by atoms with E-state index in [1.165, 1.54) is 0 Å². The van der Waals surface area contributed by atoms with Gasteiger partial charge in [-0.25, -0.2) is 4.98 Å². The van der Waals surface area contributed by atoms with Gasteiger partial charge in [0.2, 0.25) is 5.91 Å². The second kappa shape index (κ2) is 7.64. The van der Waals surface area contributed by atoms with Crippen LogP contribution >= 0.6 is 11.6 Å². The first-order valence-corrected chi connectivity index (χ1v) is 8.99. The number of halogens is 1. The summed E-state index contributed by atoms with van der Waals surface area (Å²) < 4.78 is 5.56. The summed E-state index contributed by atoms with van der Waals surface area (Å²) in [5.41, 5.74) is 2.57. The van der Waals surface area contributed by atoms with Crippen LogP contribution in [0.15, 0.2) is 83.6 Å². The van der Waals surface area contributed by atoms with Gasteiger partial charge >= 0.3 is 0 Å². The predicted molar refractivity (Wildman–Crippen MR) is 107 cm³/mol. The van der Waals surface area contributed by atoms with Crippen LogP contribution in [0, 0.1) is 0 Å². The summed E-state index contributed by atoms with van der Waals surface area (Å²) in [4.78, 5) is 19.2. The van der Waals surface area contributed by atoms with E-state index >= 15 is 0 Å². The Labute approximate surface area is 162 Å². The smallest absolute Gasteiger partial charge is 0.233 e. The molecular formula is C22H17ClN2O2. The minimum atomic E-state index is -0.0553. The fraction of sp³-hybridized carbons (Fsp3) is 0.0909. The molecule has 2 aromatic carbocycles. The van der Waals surface area contributed by atoms with Crippen molar-refractivity contribution in [1.29, 1.82) is 0 Å². The third kappa shape index (κ3) is 3.86. The van der Waals surface area contributed by atoms with E-state index in [9.17, 15) is 4.79 Å². The van der Waals surface area contributed by atoms with Gasteiger partial charge in [0.25, 0.3) is 0 Å². The van der Waals surface area contributed by atoms with Gasteiger partial charge in [-0.15, -0.1) is 0 Å². The van der Waals surface area contributed by atoms with Crippen LogP contribution in [-0.4, -0.2) is 10.9 Å². The van der Waals surface area contributed by atoms with Crippen LogP contribution < -0.4 is 4.90 Å². The van der Waals surface area contributed by atoms with Crippen LogP contribution in [0.1, 0.15) is 11.1 Å².